The predicted molar refractivity (Wildman–Crippen MR) is 81.7 cm³/mol. The van der Waals surface area contributed by atoms with Crippen molar-refractivity contribution >= 4 is 22.8 Å². The highest BCUT2D eigenvalue weighted by Crippen LogP contribution is 2.34. The maximum absolute atomic E-state index is 12.5. The Labute approximate surface area is 128 Å². The van der Waals surface area contributed by atoms with Crippen molar-refractivity contribution in [2.45, 2.75) is 38.1 Å². The molecule has 0 saturated heterocycles. The van der Waals surface area contributed by atoms with Crippen LogP contribution in [0.4, 0.5) is 0 Å². The first-order valence-electron chi connectivity index (χ1n) is 7.53. The highest BCUT2D eigenvalue weighted by atomic mass is 16.4. The van der Waals surface area contributed by atoms with E-state index >= 15 is 0 Å². The zero-order valence-corrected chi connectivity index (χ0v) is 12.5. The number of hydrogen-bond acceptors (Lipinski definition) is 3. The molecule has 2 N–H and O–H groups in total. The summed E-state index contributed by atoms with van der Waals surface area (Å²) in [6.45, 7) is 1.81. The molecule has 2 aromatic rings. The third-order valence-electron chi connectivity index (χ3n) is 4.55. The van der Waals surface area contributed by atoms with Gasteiger partial charge in [0.05, 0.1) is 11.5 Å². The molecule has 3 rings (SSSR count). The van der Waals surface area contributed by atoms with E-state index in [0.29, 0.717) is 18.4 Å². The van der Waals surface area contributed by atoms with E-state index in [2.05, 4.69) is 5.32 Å². The summed E-state index contributed by atoms with van der Waals surface area (Å²) in [7, 11) is 0. The summed E-state index contributed by atoms with van der Waals surface area (Å²) in [4.78, 5) is 23.9. The molecule has 1 saturated carbocycles. The molecule has 1 aromatic heterocycles. The number of carbonyl (C=O) groups excluding carboxylic acids is 1. The summed E-state index contributed by atoms with van der Waals surface area (Å²) in [6.07, 6.45) is 3.05. The van der Waals surface area contributed by atoms with Crippen LogP contribution in [-0.2, 0) is 4.79 Å². The molecular weight excluding hydrogens is 282 g/mol. The Morgan fingerprint density at radius 1 is 1.32 bits per heavy atom. The molecule has 0 radical (unpaired) electrons. The maximum Gasteiger partial charge on any atom is 0.308 e. The van der Waals surface area contributed by atoms with Crippen LogP contribution in [0.1, 0.15) is 43.2 Å². The van der Waals surface area contributed by atoms with E-state index in [4.69, 9.17) is 4.42 Å². The average molecular weight is 301 g/mol. The monoisotopic (exact) mass is 301 g/mol. The van der Waals surface area contributed by atoms with E-state index in [1.54, 1.807) is 12.1 Å². The van der Waals surface area contributed by atoms with Crippen LogP contribution in [0.25, 0.3) is 11.0 Å². The first kappa shape index (κ1) is 14.6. The third-order valence-corrected chi connectivity index (χ3v) is 4.55. The Kier molecular flexibility index (Phi) is 3.64. The fraction of sp³-hybridized carbons (Fsp3) is 0.412. The molecule has 1 heterocycles. The summed E-state index contributed by atoms with van der Waals surface area (Å²) in [5.41, 5.74) is -0.0867. The number of benzene rings is 1. The van der Waals surface area contributed by atoms with Crippen molar-refractivity contribution < 1.29 is 19.1 Å². The number of rotatable bonds is 3. The zero-order chi connectivity index (χ0) is 15.7. The van der Waals surface area contributed by atoms with Gasteiger partial charge in [-0.3, -0.25) is 9.59 Å². The van der Waals surface area contributed by atoms with Gasteiger partial charge in [-0.2, -0.15) is 0 Å². The molecule has 1 aromatic carbocycles. The number of amides is 1. The van der Waals surface area contributed by atoms with Crippen molar-refractivity contribution in [2.75, 3.05) is 0 Å². The van der Waals surface area contributed by atoms with E-state index in [1.165, 1.54) is 0 Å². The lowest BCUT2D eigenvalue weighted by Gasteiger charge is -2.39. The number of hydrogen-bond donors (Lipinski definition) is 2. The zero-order valence-electron chi connectivity index (χ0n) is 12.5. The van der Waals surface area contributed by atoms with Crippen molar-refractivity contribution in [3.8, 4) is 0 Å². The molecule has 22 heavy (non-hydrogen) atoms. The lowest BCUT2D eigenvalue weighted by atomic mass is 9.74. The van der Waals surface area contributed by atoms with Gasteiger partial charge in [0.2, 0.25) is 0 Å². The molecule has 0 aliphatic heterocycles. The van der Waals surface area contributed by atoms with E-state index < -0.39 is 17.4 Å². The fourth-order valence-electron chi connectivity index (χ4n) is 3.29. The minimum absolute atomic E-state index is 0.220. The number of para-hydroxylation sites is 1. The lowest BCUT2D eigenvalue weighted by molar-refractivity contribution is -0.145. The predicted octanol–water partition coefficient (Wildman–Crippen LogP) is 3.20. The molecule has 1 aliphatic carbocycles. The molecule has 116 valence electrons. The van der Waals surface area contributed by atoms with Gasteiger partial charge >= 0.3 is 5.97 Å². The van der Waals surface area contributed by atoms with Gasteiger partial charge in [-0.15, -0.1) is 0 Å². The molecule has 1 fully saturated rings. The van der Waals surface area contributed by atoms with Crippen molar-refractivity contribution in [1.82, 2.24) is 5.32 Å². The summed E-state index contributed by atoms with van der Waals surface area (Å²) in [6, 6.07) is 9.08. The number of furan rings is 1. The van der Waals surface area contributed by atoms with Crippen LogP contribution < -0.4 is 5.32 Å². The molecular formula is C17H19NO4. The molecule has 1 aliphatic rings. The molecule has 5 nitrogen and oxygen atoms in total. The van der Waals surface area contributed by atoms with Crippen LogP contribution in [0.3, 0.4) is 0 Å². The third kappa shape index (κ3) is 2.58. The second kappa shape index (κ2) is 5.48. The van der Waals surface area contributed by atoms with Crippen LogP contribution in [0.5, 0.6) is 0 Å². The number of carboxylic acids is 1. The molecule has 0 spiro atoms. The summed E-state index contributed by atoms with van der Waals surface area (Å²) in [5.74, 6) is -1.55. The SMILES string of the molecule is CC1(NC(=O)c2cc3ccccc3o2)CCCCC1C(=O)O. The van der Waals surface area contributed by atoms with Gasteiger partial charge in [0.1, 0.15) is 5.58 Å². The maximum atomic E-state index is 12.5. The van der Waals surface area contributed by atoms with Crippen LogP contribution >= 0.6 is 0 Å². The summed E-state index contributed by atoms with van der Waals surface area (Å²) in [5, 5.41) is 13.1. The van der Waals surface area contributed by atoms with Gasteiger partial charge in [-0.25, -0.2) is 0 Å². The number of carboxylic acid groups (broad SMARTS) is 1. The number of fused-ring (bicyclic) bond motifs is 1. The van der Waals surface area contributed by atoms with Gasteiger partial charge in [0, 0.05) is 5.39 Å². The van der Waals surface area contributed by atoms with Gasteiger partial charge < -0.3 is 14.8 Å². The molecule has 2 atom stereocenters. The quantitative estimate of drug-likeness (QED) is 0.912. The smallest absolute Gasteiger partial charge is 0.308 e. The number of aliphatic carboxylic acids is 1. The Hall–Kier alpha value is -2.30. The molecule has 2 unspecified atom stereocenters. The van der Waals surface area contributed by atoms with E-state index in [1.807, 2.05) is 25.1 Å². The van der Waals surface area contributed by atoms with E-state index in [9.17, 15) is 14.7 Å². The highest BCUT2D eigenvalue weighted by molar-refractivity contribution is 5.96. The highest BCUT2D eigenvalue weighted by Gasteiger charge is 2.42. The van der Waals surface area contributed by atoms with Crippen LogP contribution in [0.15, 0.2) is 34.7 Å². The van der Waals surface area contributed by atoms with Gasteiger partial charge in [-0.05, 0) is 31.9 Å². The van der Waals surface area contributed by atoms with Gasteiger partial charge in [0.15, 0.2) is 5.76 Å². The first-order valence-corrected chi connectivity index (χ1v) is 7.53. The first-order chi connectivity index (χ1) is 10.5. The molecule has 5 heteroatoms. The summed E-state index contributed by atoms with van der Waals surface area (Å²) >= 11 is 0. The van der Waals surface area contributed by atoms with Gasteiger partial charge in [-0.1, -0.05) is 31.0 Å². The second-order valence-electron chi connectivity index (χ2n) is 6.16. The largest absolute Gasteiger partial charge is 0.481 e. The Morgan fingerprint density at radius 2 is 2.09 bits per heavy atom. The van der Waals surface area contributed by atoms with Crippen molar-refractivity contribution in [3.05, 3.63) is 36.1 Å². The standard InChI is InChI=1S/C17H19NO4/c1-17(9-5-4-7-12(17)16(20)21)18-15(19)14-10-11-6-2-3-8-13(11)22-14/h2-3,6,8,10,12H,4-5,7,9H2,1H3,(H,18,19)(H,20,21). The van der Waals surface area contributed by atoms with Crippen molar-refractivity contribution in [3.63, 3.8) is 0 Å². The Bertz CT molecular complexity index is 687. The van der Waals surface area contributed by atoms with Gasteiger partial charge in [0.25, 0.3) is 5.91 Å². The number of carbonyl (C=O) groups is 2. The number of nitrogens with one attached hydrogen (secondary N) is 1. The van der Waals surface area contributed by atoms with Crippen molar-refractivity contribution in [1.29, 1.82) is 0 Å². The average Bonchev–Trinajstić information content (AvgIpc) is 2.91. The molecule has 1 amide bonds. The Morgan fingerprint density at radius 3 is 2.82 bits per heavy atom. The minimum atomic E-state index is -0.855. The normalized spacial score (nSPS) is 25.0. The van der Waals surface area contributed by atoms with Crippen LogP contribution in [0, 0.1) is 5.92 Å². The van der Waals surface area contributed by atoms with E-state index in [-0.39, 0.29) is 11.7 Å². The Balaban J connectivity index is 1.84. The van der Waals surface area contributed by atoms with E-state index in [0.717, 1.165) is 18.2 Å². The minimum Gasteiger partial charge on any atom is -0.481 e. The van der Waals surface area contributed by atoms with Crippen LogP contribution in [0.2, 0.25) is 0 Å². The second-order valence-corrected chi connectivity index (χ2v) is 6.16. The topological polar surface area (TPSA) is 79.5 Å². The van der Waals surface area contributed by atoms with Crippen molar-refractivity contribution in [2.24, 2.45) is 5.92 Å². The summed E-state index contributed by atoms with van der Waals surface area (Å²) < 4.78 is 5.55. The molecule has 0 bridgehead atoms. The fourth-order valence-corrected chi connectivity index (χ4v) is 3.29. The lowest BCUT2D eigenvalue weighted by Crippen LogP contribution is -2.55. The van der Waals surface area contributed by atoms with Crippen LogP contribution in [-0.4, -0.2) is 22.5 Å².